The number of rotatable bonds is 5. The number of hydrogen-bond donors (Lipinski definition) is 2. The Bertz CT molecular complexity index is 902. The summed E-state index contributed by atoms with van der Waals surface area (Å²) < 4.78 is 41.3. The first-order chi connectivity index (χ1) is 12.4. The molecule has 0 radical (unpaired) electrons. The molecule has 1 aliphatic heterocycles. The summed E-state index contributed by atoms with van der Waals surface area (Å²) in [5, 5.41) is 14.3. The van der Waals surface area contributed by atoms with E-state index in [9.17, 15) is 22.9 Å². The van der Waals surface area contributed by atoms with Crippen LogP contribution in [0.4, 0.5) is 10.1 Å². The molecule has 1 fully saturated rings. The molecule has 0 unspecified atom stereocenters. The molecule has 0 saturated carbocycles. The van der Waals surface area contributed by atoms with Gasteiger partial charge < -0.3 is 5.32 Å². The van der Waals surface area contributed by atoms with Gasteiger partial charge in [-0.2, -0.15) is 0 Å². The van der Waals surface area contributed by atoms with Crippen molar-refractivity contribution >= 4 is 15.7 Å². The van der Waals surface area contributed by atoms with Crippen LogP contribution in [0.2, 0.25) is 0 Å². The molecule has 2 aromatic rings. The van der Waals surface area contributed by atoms with Gasteiger partial charge in [-0.25, -0.2) is 17.5 Å². The fourth-order valence-corrected chi connectivity index (χ4v) is 4.64. The second-order valence-electron chi connectivity index (χ2n) is 6.10. The molecule has 0 amide bonds. The van der Waals surface area contributed by atoms with Crippen molar-refractivity contribution in [3.63, 3.8) is 0 Å². The number of para-hydroxylation sites is 1. The Labute approximate surface area is 150 Å². The van der Waals surface area contributed by atoms with Gasteiger partial charge in [0.2, 0.25) is 10.0 Å². The third-order valence-electron chi connectivity index (χ3n) is 4.44. The van der Waals surface area contributed by atoms with Gasteiger partial charge >= 0.3 is 0 Å². The molecule has 9 heteroatoms. The zero-order chi connectivity index (χ0) is 18.7. The van der Waals surface area contributed by atoms with Crippen molar-refractivity contribution in [2.75, 3.05) is 13.1 Å². The van der Waals surface area contributed by atoms with E-state index in [4.69, 9.17) is 0 Å². The molecule has 0 aromatic heterocycles. The number of benzene rings is 2. The fourth-order valence-electron chi connectivity index (χ4n) is 3.19. The Balaban J connectivity index is 1.90. The number of sulfonamides is 1. The van der Waals surface area contributed by atoms with Gasteiger partial charge in [-0.1, -0.05) is 24.3 Å². The van der Waals surface area contributed by atoms with E-state index in [0.29, 0.717) is 19.5 Å². The van der Waals surface area contributed by atoms with E-state index in [-0.39, 0.29) is 16.6 Å². The maximum atomic E-state index is 13.2. The normalized spacial score (nSPS) is 20.7. The number of halogens is 1. The van der Waals surface area contributed by atoms with Crippen LogP contribution in [0.3, 0.4) is 0 Å². The Kier molecular flexibility index (Phi) is 5.30. The van der Waals surface area contributed by atoms with Crippen LogP contribution in [-0.4, -0.2) is 32.5 Å². The van der Waals surface area contributed by atoms with Crippen molar-refractivity contribution in [2.45, 2.75) is 23.3 Å². The second kappa shape index (κ2) is 7.48. The van der Waals surface area contributed by atoms with Crippen LogP contribution in [-0.2, 0) is 10.0 Å². The highest BCUT2D eigenvalue weighted by atomic mass is 32.2. The number of nitro groups is 1. The summed E-state index contributed by atoms with van der Waals surface area (Å²) >= 11 is 0. The first kappa shape index (κ1) is 18.4. The lowest BCUT2D eigenvalue weighted by Gasteiger charge is -2.33. The predicted molar refractivity (Wildman–Crippen MR) is 93.8 cm³/mol. The molecule has 0 spiro atoms. The van der Waals surface area contributed by atoms with Gasteiger partial charge in [0, 0.05) is 24.6 Å². The first-order valence-corrected chi connectivity index (χ1v) is 9.59. The molecule has 3 rings (SSSR count). The van der Waals surface area contributed by atoms with Gasteiger partial charge in [0.05, 0.1) is 4.92 Å². The largest absolute Gasteiger partial charge is 0.315 e. The summed E-state index contributed by atoms with van der Waals surface area (Å²) in [6, 6.07) is 10.7. The average molecular weight is 379 g/mol. The van der Waals surface area contributed by atoms with Gasteiger partial charge in [-0.15, -0.1) is 0 Å². The van der Waals surface area contributed by atoms with Crippen LogP contribution in [0.5, 0.6) is 0 Å². The SMILES string of the molecule is O=[N+]([O-])c1ccccc1S(=O)(=O)N[C@H]1CNCC[C@H]1c1ccc(F)cc1. The highest BCUT2D eigenvalue weighted by Gasteiger charge is 2.33. The number of nitro benzene ring substituents is 1. The Morgan fingerprint density at radius 1 is 1.15 bits per heavy atom. The average Bonchev–Trinajstić information content (AvgIpc) is 2.63. The minimum atomic E-state index is -4.09. The van der Waals surface area contributed by atoms with Gasteiger partial charge in [-0.05, 0) is 36.7 Å². The summed E-state index contributed by atoms with van der Waals surface area (Å²) in [5.41, 5.74) is 0.352. The molecule has 1 heterocycles. The topological polar surface area (TPSA) is 101 Å². The van der Waals surface area contributed by atoms with Crippen LogP contribution in [0, 0.1) is 15.9 Å². The monoisotopic (exact) mass is 379 g/mol. The van der Waals surface area contributed by atoms with Crippen molar-refractivity contribution in [3.8, 4) is 0 Å². The molecule has 2 atom stereocenters. The molecule has 0 aliphatic carbocycles. The van der Waals surface area contributed by atoms with Crippen molar-refractivity contribution in [1.82, 2.24) is 10.0 Å². The smallest absolute Gasteiger partial charge is 0.289 e. The zero-order valence-electron chi connectivity index (χ0n) is 13.8. The minimum Gasteiger partial charge on any atom is -0.315 e. The highest BCUT2D eigenvalue weighted by Crippen LogP contribution is 2.29. The van der Waals surface area contributed by atoms with Gasteiger partial charge in [0.25, 0.3) is 5.69 Å². The van der Waals surface area contributed by atoms with Crippen LogP contribution in [0.25, 0.3) is 0 Å². The molecule has 0 bridgehead atoms. The Morgan fingerprint density at radius 2 is 1.85 bits per heavy atom. The molecule has 138 valence electrons. The fraction of sp³-hybridized carbons (Fsp3) is 0.294. The maximum absolute atomic E-state index is 13.2. The zero-order valence-corrected chi connectivity index (χ0v) is 14.6. The molecule has 1 aliphatic rings. The molecule has 2 aromatic carbocycles. The Morgan fingerprint density at radius 3 is 2.54 bits per heavy atom. The number of nitrogens with zero attached hydrogens (tertiary/aromatic N) is 1. The maximum Gasteiger partial charge on any atom is 0.289 e. The summed E-state index contributed by atoms with van der Waals surface area (Å²) in [7, 11) is -4.09. The lowest BCUT2D eigenvalue weighted by atomic mass is 9.87. The third-order valence-corrected chi connectivity index (χ3v) is 5.98. The van der Waals surface area contributed by atoms with Crippen molar-refractivity contribution in [1.29, 1.82) is 0 Å². The number of nitrogens with one attached hydrogen (secondary N) is 2. The molecule has 26 heavy (non-hydrogen) atoms. The van der Waals surface area contributed by atoms with Crippen molar-refractivity contribution in [2.24, 2.45) is 0 Å². The molecular weight excluding hydrogens is 361 g/mol. The standard InChI is InChI=1S/C17H18FN3O4S/c18-13-7-5-12(6-8-13)14-9-10-19-11-15(14)20-26(24,25)17-4-2-1-3-16(17)21(22)23/h1-8,14-15,19-20H,9-11H2/t14-,15-/m0/s1. The van der Waals surface area contributed by atoms with E-state index < -0.39 is 26.7 Å². The second-order valence-corrected chi connectivity index (χ2v) is 7.79. The van der Waals surface area contributed by atoms with Crippen LogP contribution < -0.4 is 10.0 Å². The third kappa shape index (κ3) is 3.90. The molecule has 7 nitrogen and oxygen atoms in total. The van der Waals surface area contributed by atoms with E-state index in [2.05, 4.69) is 10.0 Å². The van der Waals surface area contributed by atoms with E-state index in [1.165, 1.54) is 30.3 Å². The molecular formula is C17H18FN3O4S. The lowest BCUT2D eigenvalue weighted by Crippen LogP contribution is -2.49. The van der Waals surface area contributed by atoms with E-state index >= 15 is 0 Å². The minimum absolute atomic E-state index is 0.158. The highest BCUT2D eigenvalue weighted by molar-refractivity contribution is 7.89. The Hall–Kier alpha value is -2.36. The summed E-state index contributed by atoms with van der Waals surface area (Å²) in [5.74, 6) is -0.519. The van der Waals surface area contributed by atoms with E-state index in [1.807, 2.05) is 0 Å². The lowest BCUT2D eigenvalue weighted by molar-refractivity contribution is -0.387. The number of piperidine rings is 1. The van der Waals surface area contributed by atoms with Gasteiger partial charge in [-0.3, -0.25) is 10.1 Å². The van der Waals surface area contributed by atoms with E-state index in [0.717, 1.165) is 11.6 Å². The predicted octanol–water partition coefficient (Wildman–Crippen LogP) is 2.16. The first-order valence-electron chi connectivity index (χ1n) is 8.10. The van der Waals surface area contributed by atoms with Crippen molar-refractivity contribution < 1.29 is 17.7 Å². The summed E-state index contributed by atoms with van der Waals surface area (Å²) in [6.07, 6.45) is 0.662. The quantitative estimate of drug-likeness (QED) is 0.612. The summed E-state index contributed by atoms with van der Waals surface area (Å²) in [6.45, 7) is 1.08. The summed E-state index contributed by atoms with van der Waals surface area (Å²) in [4.78, 5) is 10.1. The molecule has 2 N–H and O–H groups in total. The van der Waals surface area contributed by atoms with Gasteiger partial charge in [0.15, 0.2) is 4.90 Å². The molecule has 1 saturated heterocycles. The van der Waals surface area contributed by atoms with Crippen LogP contribution in [0.15, 0.2) is 53.4 Å². The van der Waals surface area contributed by atoms with Crippen LogP contribution >= 0.6 is 0 Å². The van der Waals surface area contributed by atoms with Crippen molar-refractivity contribution in [3.05, 3.63) is 70.0 Å². The van der Waals surface area contributed by atoms with Crippen LogP contribution in [0.1, 0.15) is 17.9 Å². The van der Waals surface area contributed by atoms with Gasteiger partial charge in [0.1, 0.15) is 5.82 Å². The number of hydrogen-bond acceptors (Lipinski definition) is 5. The van der Waals surface area contributed by atoms with E-state index in [1.54, 1.807) is 12.1 Å².